The van der Waals surface area contributed by atoms with Gasteiger partial charge < -0.3 is 5.43 Å². The van der Waals surface area contributed by atoms with E-state index >= 15 is 0 Å². The fourth-order valence-corrected chi connectivity index (χ4v) is 0.287. The van der Waals surface area contributed by atoms with Crippen LogP contribution in [0, 0.1) is 0 Å². The van der Waals surface area contributed by atoms with Crippen LogP contribution in [0.2, 0.25) is 0 Å². The van der Waals surface area contributed by atoms with Crippen molar-refractivity contribution in [1.29, 1.82) is 0 Å². The van der Waals surface area contributed by atoms with Crippen molar-refractivity contribution < 1.29 is 4.79 Å². The van der Waals surface area contributed by atoms with Crippen molar-refractivity contribution in [2.24, 2.45) is 10.8 Å². The molecule has 0 unspecified atom stereocenters. The number of carbonyl (C=O) groups is 1. The van der Waals surface area contributed by atoms with E-state index in [-0.39, 0.29) is 5.84 Å². The van der Waals surface area contributed by atoms with Gasteiger partial charge in [0.25, 0.3) is 0 Å². The molecule has 0 aliphatic rings. The third-order valence-electron chi connectivity index (χ3n) is 0.588. The Morgan fingerprint density at radius 2 is 2.62 bits per heavy atom. The van der Waals surface area contributed by atoms with Crippen molar-refractivity contribution in [2.45, 2.75) is 6.92 Å². The standard InChI is InChI=1S/C4H9N3O/c1-2-6-4(3-8)7-5/h3H,2,5H2,1H3,(H,6,7). The highest BCUT2D eigenvalue weighted by Gasteiger charge is 1.85. The van der Waals surface area contributed by atoms with E-state index in [2.05, 4.69) is 10.4 Å². The summed E-state index contributed by atoms with van der Waals surface area (Å²) in [5, 5.41) is 0. The number of nitrogens with zero attached hydrogens (tertiary/aromatic N) is 1. The lowest BCUT2D eigenvalue weighted by Crippen LogP contribution is -2.31. The predicted octanol–water partition coefficient (Wildman–Crippen LogP) is -0.933. The molecule has 46 valence electrons. The molecule has 0 radical (unpaired) electrons. The summed E-state index contributed by atoms with van der Waals surface area (Å²) in [6, 6.07) is 0. The summed E-state index contributed by atoms with van der Waals surface area (Å²) in [7, 11) is 0. The van der Waals surface area contributed by atoms with E-state index in [0.29, 0.717) is 12.8 Å². The third kappa shape index (κ3) is 2.30. The molecule has 0 saturated carbocycles. The van der Waals surface area contributed by atoms with Crippen LogP contribution in [0.1, 0.15) is 6.92 Å². The van der Waals surface area contributed by atoms with Gasteiger partial charge in [-0.15, -0.1) is 0 Å². The SMILES string of the molecule is CCN=C(C=O)NN. The number of hydrazine groups is 1. The van der Waals surface area contributed by atoms with Crippen LogP contribution in [-0.4, -0.2) is 18.7 Å². The van der Waals surface area contributed by atoms with Gasteiger partial charge in [-0.3, -0.25) is 9.79 Å². The molecule has 0 aromatic carbocycles. The molecule has 0 aromatic heterocycles. The van der Waals surface area contributed by atoms with Gasteiger partial charge in [0, 0.05) is 6.54 Å². The molecule has 8 heavy (non-hydrogen) atoms. The van der Waals surface area contributed by atoms with Crippen LogP contribution in [0.3, 0.4) is 0 Å². The quantitative estimate of drug-likeness (QED) is 0.160. The molecule has 4 nitrogen and oxygen atoms in total. The van der Waals surface area contributed by atoms with Crippen molar-refractivity contribution in [3.8, 4) is 0 Å². The Hall–Kier alpha value is -0.900. The molecule has 0 fully saturated rings. The number of rotatable bonds is 2. The van der Waals surface area contributed by atoms with Crippen molar-refractivity contribution in [3.05, 3.63) is 0 Å². The molecule has 0 rings (SSSR count). The Morgan fingerprint density at radius 3 is 2.75 bits per heavy atom. The molecule has 0 aliphatic heterocycles. The monoisotopic (exact) mass is 115 g/mol. The van der Waals surface area contributed by atoms with Gasteiger partial charge in [0.2, 0.25) is 0 Å². The fraction of sp³-hybridized carbons (Fsp3) is 0.500. The lowest BCUT2D eigenvalue weighted by Gasteiger charge is -1.91. The van der Waals surface area contributed by atoms with Crippen molar-refractivity contribution in [2.75, 3.05) is 6.54 Å². The lowest BCUT2D eigenvalue weighted by atomic mass is 10.6. The number of aliphatic imine (C=N–C) groups is 1. The Balaban J connectivity index is 3.66. The molecule has 0 aliphatic carbocycles. The van der Waals surface area contributed by atoms with Crippen LogP contribution in [-0.2, 0) is 4.79 Å². The molecular formula is C4H9N3O. The molecule has 0 saturated heterocycles. The summed E-state index contributed by atoms with van der Waals surface area (Å²) in [5.41, 5.74) is 2.13. The Bertz CT molecular complexity index is 99.5. The van der Waals surface area contributed by atoms with Gasteiger partial charge in [0.15, 0.2) is 12.1 Å². The number of nitrogens with one attached hydrogen (secondary N) is 1. The molecule has 0 atom stereocenters. The van der Waals surface area contributed by atoms with Crippen LogP contribution >= 0.6 is 0 Å². The summed E-state index contributed by atoms with van der Waals surface area (Å²) >= 11 is 0. The molecule has 3 N–H and O–H groups in total. The smallest absolute Gasteiger partial charge is 0.185 e. The number of hydrogen-bond acceptors (Lipinski definition) is 3. The molecule has 0 bridgehead atoms. The van der Waals surface area contributed by atoms with E-state index in [0.717, 1.165) is 0 Å². The average Bonchev–Trinajstić information content (AvgIpc) is 1.83. The normalized spacial score (nSPS) is 11.0. The number of carbonyl (C=O) groups excluding carboxylic acids is 1. The zero-order valence-electron chi connectivity index (χ0n) is 4.72. The molecule has 0 aromatic rings. The summed E-state index contributed by atoms with van der Waals surface area (Å²) in [4.78, 5) is 13.5. The molecule has 0 spiro atoms. The Morgan fingerprint density at radius 1 is 2.00 bits per heavy atom. The number of hydrogen-bond donors (Lipinski definition) is 2. The molecular weight excluding hydrogens is 106 g/mol. The van der Waals surface area contributed by atoms with E-state index in [1.54, 1.807) is 0 Å². The maximum atomic E-state index is 9.85. The van der Waals surface area contributed by atoms with Gasteiger partial charge >= 0.3 is 0 Å². The van der Waals surface area contributed by atoms with E-state index in [4.69, 9.17) is 5.84 Å². The van der Waals surface area contributed by atoms with Gasteiger partial charge in [-0.2, -0.15) is 0 Å². The van der Waals surface area contributed by atoms with E-state index in [1.165, 1.54) is 0 Å². The maximum Gasteiger partial charge on any atom is 0.185 e. The van der Waals surface area contributed by atoms with E-state index < -0.39 is 0 Å². The highest BCUT2D eigenvalue weighted by molar-refractivity contribution is 6.26. The van der Waals surface area contributed by atoms with Crippen molar-refractivity contribution in [3.63, 3.8) is 0 Å². The van der Waals surface area contributed by atoms with Gasteiger partial charge in [-0.25, -0.2) is 5.84 Å². The number of aldehydes is 1. The summed E-state index contributed by atoms with van der Waals surface area (Å²) < 4.78 is 0. The predicted molar refractivity (Wildman–Crippen MR) is 31.4 cm³/mol. The van der Waals surface area contributed by atoms with Crippen molar-refractivity contribution >= 4 is 12.1 Å². The minimum atomic E-state index is 0.188. The molecule has 0 heterocycles. The summed E-state index contributed by atoms with van der Waals surface area (Å²) in [6.07, 6.45) is 0.573. The highest BCUT2D eigenvalue weighted by Crippen LogP contribution is 1.65. The molecule has 4 heteroatoms. The van der Waals surface area contributed by atoms with Gasteiger partial charge in [-0.1, -0.05) is 0 Å². The van der Waals surface area contributed by atoms with Crippen LogP contribution in [0.25, 0.3) is 0 Å². The van der Waals surface area contributed by atoms with Crippen LogP contribution < -0.4 is 11.3 Å². The van der Waals surface area contributed by atoms with Crippen LogP contribution in [0.5, 0.6) is 0 Å². The summed E-state index contributed by atoms with van der Waals surface area (Å²) in [5.74, 6) is 5.04. The van der Waals surface area contributed by atoms with Crippen molar-refractivity contribution in [1.82, 2.24) is 5.43 Å². The Kier molecular flexibility index (Phi) is 3.78. The minimum Gasteiger partial charge on any atom is -0.306 e. The topological polar surface area (TPSA) is 67.5 Å². The largest absolute Gasteiger partial charge is 0.306 e. The highest BCUT2D eigenvalue weighted by atomic mass is 16.1. The van der Waals surface area contributed by atoms with Crippen LogP contribution in [0.4, 0.5) is 0 Å². The second-order valence-electron chi connectivity index (χ2n) is 1.12. The first-order valence-corrected chi connectivity index (χ1v) is 2.31. The third-order valence-corrected chi connectivity index (χ3v) is 0.588. The zero-order valence-corrected chi connectivity index (χ0v) is 4.72. The van der Waals surface area contributed by atoms with Crippen LogP contribution in [0.15, 0.2) is 4.99 Å². The Labute approximate surface area is 47.8 Å². The van der Waals surface area contributed by atoms with Gasteiger partial charge in [0.05, 0.1) is 0 Å². The second kappa shape index (κ2) is 4.26. The average molecular weight is 115 g/mol. The van der Waals surface area contributed by atoms with Gasteiger partial charge in [-0.05, 0) is 6.92 Å². The second-order valence-corrected chi connectivity index (χ2v) is 1.12. The van der Waals surface area contributed by atoms with E-state index in [1.807, 2.05) is 6.92 Å². The lowest BCUT2D eigenvalue weighted by molar-refractivity contribution is -0.102. The zero-order chi connectivity index (χ0) is 6.41. The fourth-order valence-electron chi connectivity index (χ4n) is 0.287. The van der Waals surface area contributed by atoms with E-state index in [9.17, 15) is 4.79 Å². The first-order valence-electron chi connectivity index (χ1n) is 2.31. The van der Waals surface area contributed by atoms with Gasteiger partial charge in [0.1, 0.15) is 0 Å². The number of amidine groups is 1. The first-order chi connectivity index (χ1) is 3.85. The maximum absolute atomic E-state index is 9.85. The summed E-state index contributed by atoms with van der Waals surface area (Å²) in [6.45, 7) is 2.39. The number of nitrogens with two attached hydrogens (primary N) is 1. The minimum absolute atomic E-state index is 0.188. The first kappa shape index (κ1) is 7.10. The molecule has 0 amide bonds.